The molecule has 0 rings (SSSR count). The Hall–Kier alpha value is -0.433. The normalized spacial score (nSPS) is 11.1. The number of hydrogen-bond acceptors (Lipinski definition) is 5. The summed E-state index contributed by atoms with van der Waals surface area (Å²) in [6.45, 7) is 10.1. The van der Waals surface area contributed by atoms with E-state index in [4.69, 9.17) is 23.2 Å². The minimum atomic E-state index is -1.55. The van der Waals surface area contributed by atoms with Gasteiger partial charge in [0.25, 0.3) is 0 Å². The molecule has 0 aliphatic carbocycles. The van der Waals surface area contributed by atoms with Crippen LogP contribution in [0.1, 0.15) is 240 Å². The van der Waals surface area contributed by atoms with Crippen LogP contribution in [-0.2, 0) is 18.1 Å². The summed E-state index contributed by atoms with van der Waals surface area (Å²) in [5.41, 5.74) is 0. The van der Waals surface area contributed by atoms with E-state index in [1.165, 1.54) is 193 Å². The van der Waals surface area contributed by atoms with E-state index >= 15 is 0 Å². The molecular formula is C41H84O5Si. The van der Waals surface area contributed by atoms with E-state index in [2.05, 4.69) is 20.8 Å². The van der Waals surface area contributed by atoms with Gasteiger partial charge in [-0.15, -0.1) is 0 Å². The summed E-state index contributed by atoms with van der Waals surface area (Å²) < 4.78 is 18.0. The van der Waals surface area contributed by atoms with Crippen LogP contribution in [0.15, 0.2) is 0 Å². The van der Waals surface area contributed by atoms with Gasteiger partial charge < -0.3 is 9.90 Å². The Morgan fingerprint density at radius 3 is 0.766 bits per heavy atom. The highest BCUT2D eigenvalue weighted by molar-refractivity contribution is 6.36. The van der Waals surface area contributed by atoms with Gasteiger partial charge in [-0.1, -0.05) is 213 Å². The predicted octanol–water partition coefficient (Wildman–Crippen LogP) is 12.7. The third-order valence-electron chi connectivity index (χ3n) is 8.86. The molecule has 0 amide bonds. The van der Waals surface area contributed by atoms with Crippen molar-refractivity contribution in [1.29, 1.82) is 0 Å². The van der Waals surface area contributed by atoms with Crippen molar-refractivity contribution in [2.75, 3.05) is 19.8 Å². The highest BCUT2D eigenvalue weighted by Crippen LogP contribution is 2.15. The number of carboxylic acid groups (broad SMARTS) is 1. The van der Waals surface area contributed by atoms with Gasteiger partial charge in [0.05, 0.1) is 19.8 Å². The smallest absolute Gasteiger partial charge is 0.550 e. The minimum absolute atomic E-state index is 0.756. The standard InChI is InChI=1S/C39H81O3Si.C2H4O2/c1-4-7-9-11-13-15-17-19-21-23-25-27-29-31-33-35-38-41-43(40-37-6-3)42-39-36-34-32-30-28-26-24-22-20-18-16-14-12-10-8-5-2;1-2(3)4/h4-39H2,1-3H3;1H3,(H,3,4)/q+1;/p-1. The maximum atomic E-state index is 8.89. The van der Waals surface area contributed by atoms with Crippen molar-refractivity contribution in [3.63, 3.8) is 0 Å². The Balaban J connectivity index is 0. The number of rotatable bonds is 39. The molecule has 282 valence electrons. The van der Waals surface area contributed by atoms with Crippen LogP contribution >= 0.6 is 0 Å². The molecule has 47 heavy (non-hydrogen) atoms. The zero-order valence-corrected chi connectivity index (χ0v) is 33.5. The van der Waals surface area contributed by atoms with E-state index in [0.717, 1.165) is 46.0 Å². The van der Waals surface area contributed by atoms with Crippen LogP contribution < -0.4 is 5.11 Å². The first-order valence-corrected chi connectivity index (χ1v) is 22.2. The van der Waals surface area contributed by atoms with Crippen LogP contribution in [0.2, 0.25) is 0 Å². The van der Waals surface area contributed by atoms with Gasteiger partial charge in [-0.25, -0.2) is 0 Å². The van der Waals surface area contributed by atoms with E-state index in [9.17, 15) is 0 Å². The van der Waals surface area contributed by atoms with Crippen molar-refractivity contribution in [2.24, 2.45) is 0 Å². The van der Waals surface area contributed by atoms with Crippen LogP contribution in [0.3, 0.4) is 0 Å². The predicted molar refractivity (Wildman–Crippen MR) is 204 cm³/mol. The summed E-state index contributed by atoms with van der Waals surface area (Å²) in [7, 11) is -1.55. The molecular weight excluding hydrogens is 601 g/mol. The third-order valence-corrected chi connectivity index (χ3v) is 10.2. The van der Waals surface area contributed by atoms with E-state index < -0.39 is 15.5 Å². The SMILES string of the molecule is CC(=O)[O-].CCCCCCCCCCCCCCCCCCO[Si+](OCCC)OCCCCCCCCCCCCCCCCCC. The molecule has 0 aromatic carbocycles. The molecule has 6 heteroatoms. The maximum absolute atomic E-state index is 8.89. The lowest BCUT2D eigenvalue weighted by molar-refractivity contribution is -0.302. The van der Waals surface area contributed by atoms with Crippen molar-refractivity contribution in [3.8, 4) is 0 Å². The Morgan fingerprint density at radius 2 is 0.553 bits per heavy atom. The van der Waals surface area contributed by atoms with Gasteiger partial charge in [-0.05, 0) is 26.2 Å². The number of hydrogen-bond donors (Lipinski definition) is 0. The molecule has 0 aliphatic rings. The van der Waals surface area contributed by atoms with E-state index in [0.29, 0.717) is 0 Å². The lowest BCUT2D eigenvalue weighted by Crippen LogP contribution is -2.28. The van der Waals surface area contributed by atoms with Crippen molar-refractivity contribution in [3.05, 3.63) is 0 Å². The van der Waals surface area contributed by atoms with Crippen molar-refractivity contribution < 1.29 is 23.2 Å². The van der Waals surface area contributed by atoms with Crippen LogP contribution in [0.25, 0.3) is 0 Å². The Labute approximate surface area is 297 Å². The second-order valence-corrected chi connectivity index (χ2v) is 15.3. The van der Waals surface area contributed by atoms with E-state index in [1.54, 1.807) is 0 Å². The maximum Gasteiger partial charge on any atom is 0.832 e. The van der Waals surface area contributed by atoms with Gasteiger partial charge in [0, 0.05) is 5.97 Å². The second kappa shape index (κ2) is 45.6. The highest BCUT2D eigenvalue weighted by Gasteiger charge is 2.36. The molecule has 0 saturated carbocycles. The number of unbranched alkanes of at least 4 members (excludes halogenated alkanes) is 30. The van der Waals surface area contributed by atoms with E-state index in [-0.39, 0.29) is 0 Å². The Kier molecular flexibility index (Phi) is 47.2. The first-order chi connectivity index (χ1) is 23.1. The largest absolute Gasteiger partial charge is 0.832 e. The van der Waals surface area contributed by atoms with Gasteiger partial charge in [0.15, 0.2) is 0 Å². The average molecular weight is 685 g/mol. The van der Waals surface area contributed by atoms with Crippen molar-refractivity contribution in [2.45, 2.75) is 240 Å². The minimum Gasteiger partial charge on any atom is -0.550 e. The quantitative estimate of drug-likeness (QED) is 0.0476. The molecule has 0 unspecified atom stereocenters. The fraction of sp³-hybridized carbons (Fsp3) is 0.976. The molecule has 0 aromatic rings. The summed E-state index contributed by atoms with van der Waals surface area (Å²) in [6, 6.07) is 0. The van der Waals surface area contributed by atoms with Gasteiger partial charge >= 0.3 is 9.53 Å². The molecule has 0 fully saturated rings. The van der Waals surface area contributed by atoms with Gasteiger partial charge in [0.1, 0.15) is 0 Å². The topological polar surface area (TPSA) is 67.8 Å². The zero-order valence-electron chi connectivity index (χ0n) is 32.5. The number of carbonyl (C=O) groups is 1. The molecule has 0 atom stereocenters. The Morgan fingerprint density at radius 1 is 0.362 bits per heavy atom. The first-order valence-electron chi connectivity index (χ1n) is 21.0. The number of carbonyl (C=O) groups excluding carboxylic acids is 1. The molecule has 0 radical (unpaired) electrons. The number of carboxylic acids is 1. The summed E-state index contributed by atoms with van der Waals surface area (Å²) in [4.78, 5) is 8.89. The van der Waals surface area contributed by atoms with Crippen LogP contribution in [-0.4, -0.2) is 35.3 Å². The summed E-state index contributed by atoms with van der Waals surface area (Å²) in [6.07, 6.45) is 45.9. The van der Waals surface area contributed by atoms with Gasteiger partial charge in [-0.2, -0.15) is 13.3 Å². The van der Waals surface area contributed by atoms with Crippen LogP contribution in [0.4, 0.5) is 0 Å². The van der Waals surface area contributed by atoms with Crippen molar-refractivity contribution >= 4 is 15.5 Å². The monoisotopic (exact) mass is 685 g/mol. The summed E-state index contributed by atoms with van der Waals surface area (Å²) in [5.74, 6) is -1.08. The fourth-order valence-corrected chi connectivity index (χ4v) is 7.16. The zero-order chi connectivity index (χ0) is 34.7. The first kappa shape index (κ1) is 48.7. The molecule has 0 saturated heterocycles. The highest BCUT2D eigenvalue weighted by atomic mass is 28.3. The Bertz CT molecular complexity index is 520. The second-order valence-electron chi connectivity index (χ2n) is 13.9. The lowest BCUT2D eigenvalue weighted by atomic mass is 10.0. The molecule has 0 heterocycles. The van der Waals surface area contributed by atoms with Gasteiger partial charge in [-0.3, -0.25) is 0 Å². The molecule has 0 N–H and O–H groups in total. The summed E-state index contributed by atoms with van der Waals surface area (Å²) in [5, 5.41) is 8.89. The third kappa shape index (κ3) is 50.1. The van der Waals surface area contributed by atoms with Crippen LogP contribution in [0, 0.1) is 0 Å². The fourth-order valence-electron chi connectivity index (χ4n) is 5.92. The van der Waals surface area contributed by atoms with Gasteiger partial charge in [0.2, 0.25) is 0 Å². The molecule has 0 spiro atoms. The van der Waals surface area contributed by atoms with Crippen molar-refractivity contribution in [1.82, 2.24) is 0 Å². The molecule has 0 aliphatic heterocycles. The molecule has 0 bridgehead atoms. The number of aliphatic carboxylic acids is 1. The molecule has 0 aromatic heterocycles. The molecule has 5 nitrogen and oxygen atoms in total. The lowest BCUT2D eigenvalue weighted by Gasteiger charge is -2.04. The average Bonchev–Trinajstić information content (AvgIpc) is 3.05. The van der Waals surface area contributed by atoms with Crippen LogP contribution in [0.5, 0.6) is 0 Å². The van der Waals surface area contributed by atoms with E-state index in [1.807, 2.05) is 0 Å². The summed E-state index contributed by atoms with van der Waals surface area (Å²) >= 11 is 0.